The SMILES string of the molecule is CC[C@H]1C(=O)N(c2cccc(C)c2)N=C1C. The lowest BCUT2D eigenvalue weighted by atomic mass is 10.0. The van der Waals surface area contributed by atoms with Crippen molar-refractivity contribution in [2.45, 2.75) is 27.2 Å². The van der Waals surface area contributed by atoms with Crippen LogP contribution in [-0.4, -0.2) is 11.6 Å². The number of amides is 1. The van der Waals surface area contributed by atoms with E-state index in [0.717, 1.165) is 23.4 Å². The molecule has 3 heteroatoms. The van der Waals surface area contributed by atoms with Gasteiger partial charge in [0.25, 0.3) is 5.91 Å². The number of aryl methyl sites for hydroxylation is 1. The van der Waals surface area contributed by atoms with E-state index in [0.29, 0.717) is 0 Å². The van der Waals surface area contributed by atoms with Gasteiger partial charge in [0, 0.05) is 5.71 Å². The maximum atomic E-state index is 12.1. The molecule has 1 aromatic rings. The van der Waals surface area contributed by atoms with Crippen LogP contribution in [-0.2, 0) is 4.79 Å². The molecule has 0 saturated heterocycles. The zero-order valence-corrected chi connectivity index (χ0v) is 9.90. The lowest BCUT2D eigenvalue weighted by Gasteiger charge is -2.13. The average molecular weight is 216 g/mol. The van der Waals surface area contributed by atoms with Crippen LogP contribution in [0.2, 0.25) is 0 Å². The number of carbonyl (C=O) groups excluding carboxylic acids is 1. The first-order valence-electron chi connectivity index (χ1n) is 5.59. The van der Waals surface area contributed by atoms with E-state index in [1.54, 1.807) is 0 Å². The number of rotatable bonds is 2. The fourth-order valence-electron chi connectivity index (χ4n) is 2.02. The molecule has 3 nitrogen and oxygen atoms in total. The molecule has 1 aromatic carbocycles. The topological polar surface area (TPSA) is 32.7 Å². The van der Waals surface area contributed by atoms with E-state index in [4.69, 9.17) is 0 Å². The molecular weight excluding hydrogens is 200 g/mol. The largest absolute Gasteiger partial charge is 0.272 e. The Kier molecular flexibility index (Phi) is 2.77. The summed E-state index contributed by atoms with van der Waals surface area (Å²) >= 11 is 0. The Hall–Kier alpha value is -1.64. The third-order valence-corrected chi connectivity index (χ3v) is 2.92. The van der Waals surface area contributed by atoms with E-state index in [1.165, 1.54) is 5.01 Å². The zero-order valence-electron chi connectivity index (χ0n) is 9.90. The Morgan fingerprint density at radius 1 is 1.38 bits per heavy atom. The molecule has 1 amide bonds. The molecule has 1 atom stereocenters. The van der Waals surface area contributed by atoms with Crippen molar-refractivity contribution in [3.63, 3.8) is 0 Å². The molecule has 84 valence electrons. The predicted molar refractivity (Wildman–Crippen MR) is 65.6 cm³/mol. The lowest BCUT2D eigenvalue weighted by Crippen LogP contribution is -2.26. The van der Waals surface area contributed by atoms with Crippen LogP contribution in [0.15, 0.2) is 29.4 Å². The van der Waals surface area contributed by atoms with Gasteiger partial charge in [0.05, 0.1) is 11.6 Å². The number of anilines is 1. The Bertz CT molecular complexity index is 451. The van der Waals surface area contributed by atoms with Crippen LogP contribution < -0.4 is 5.01 Å². The summed E-state index contributed by atoms with van der Waals surface area (Å²) in [5.41, 5.74) is 2.91. The van der Waals surface area contributed by atoms with Crippen LogP contribution in [0.1, 0.15) is 25.8 Å². The number of hydrazone groups is 1. The van der Waals surface area contributed by atoms with Gasteiger partial charge in [-0.3, -0.25) is 4.79 Å². The van der Waals surface area contributed by atoms with Crippen molar-refractivity contribution in [3.8, 4) is 0 Å². The summed E-state index contributed by atoms with van der Waals surface area (Å²) in [6, 6.07) is 7.85. The number of carbonyl (C=O) groups is 1. The van der Waals surface area contributed by atoms with Gasteiger partial charge >= 0.3 is 0 Å². The second kappa shape index (κ2) is 4.08. The summed E-state index contributed by atoms with van der Waals surface area (Å²) in [6.45, 7) is 5.95. The van der Waals surface area contributed by atoms with Gasteiger partial charge in [-0.2, -0.15) is 5.10 Å². The molecule has 0 fully saturated rings. The first-order chi connectivity index (χ1) is 7.63. The van der Waals surface area contributed by atoms with Crippen LogP contribution in [0, 0.1) is 12.8 Å². The molecule has 1 aliphatic rings. The van der Waals surface area contributed by atoms with Crippen molar-refractivity contribution < 1.29 is 4.79 Å². The van der Waals surface area contributed by atoms with Gasteiger partial charge in [-0.25, -0.2) is 5.01 Å². The van der Waals surface area contributed by atoms with E-state index in [9.17, 15) is 4.79 Å². The third-order valence-electron chi connectivity index (χ3n) is 2.92. The molecule has 0 bridgehead atoms. The summed E-state index contributed by atoms with van der Waals surface area (Å²) < 4.78 is 0. The zero-order chi connectivity index (χ0) is 11.7. The van der Waals surface area contributed by atoms with Crippen LogP contribution >= 0.6 is 0 Å². The first-order valence-corrected chi connectivity index (χ1v) is 5.59. The molecular formula is C13H16N2O. The molecule has 1 aliphatic heterocycles. The molecule has 2 rings (SSSR count). The predicted octanol–water partition coefficient (Wildman–Crippen LogP) is 2.74. The number of hydrogen-bond acceptors (Lipinski definition) is 2. The minimum atomic E-state index is -0.0412. The van der Waals surface area contributed by atoms with Crippen LogP contribution in [0.25, 0.3) is 0 Å². The molecule has 0 spiro atoms. The van der Waals surface area contributed by atoms with Crippen LogP contribution in [0.4, 0.5) is 5.69 Å². The molecule has 0 unspecified atom stereocenters. The van der Waals surface area contributed by atoms with Gasteiger partial charge in [0.1, 0.15) is 0 Å². The van der Waals surface area contributed by atoms with Crippen molar-refractivity contribution in [1.29, 1.82) is 0 Å². The van der Waals surface area contributed by atoms with Gasteiger partial charge in [0.2, 0.25) is 0 Å². The van der Waals surface area contributed by atoms with Crippen molar-refractivity contribution in [1.82, 2.24) is 0 Å². The summed E-state index contributed by atoms with van der Waals surface area (Å²) in [5.74, 6) is 0.0473. The number of nitrogens with zero attached hydrogens (tertiary/aromatic N) is 2. The van der Waals surface area contributed by atoms with Crippen molar-refractivity contribution in [2.75, 3.05) is 5.01 Å². The summed E-state index contributed by atoms with van der Waals surface area (Å²) in [4.78, 5) is 12.1. The van der Waals surface area contributed by atoms with Crippen molar-refractivity contribution in [2.24, 2.45) is 11.0 Å². The van der Waals surface area contributed by atoms with E-state index < -0.39 is 0 Å². The molecule has 0 saturated carbocycles. The standard InChI is InChI=1S/C13H16N2O/c1-4-12-10(3)14-15(13(12)16)11-7-5-6-9(2)8-11/h5-8,12H,4H2,1-3H3/t12-/m1/s1. The fourth-order valence-corrected chi connectivity index (χ4v) is 2.02. The van der Waals surface area contributed by atoms with Crippen LogP contribution in [0.5, 0.6) is 0 Å². The maximum Gasteiger partial charge on any atom is 0.256 e. The highest BCUT2D eigenvalue weighted by atomic mass is 16.2. The molecule has 0 aromatic heterocycles. The van der Waals surface area contributed by atoms with E-state index in [1.807, 2.05) is 45.0 Å². The molecule has 16 heavy (non-hydrogen) atoms. The maximum absolute atomic E-state index is 12.1. The highest BCUT2D eigenvalue weighted by molar-refractivity contribution is 6.14. The minimum Gasteiger partial charge on any atom is -0.272 e. The first kappa shape index (κ1) is 10.9. The number of hydrogen-bond donors (Lipinski definition) is 0. The molecule has 0 N–H and O–H groups in total. The Balaban J connectivity index is 2.34. The Morgan fingerprint density at radius 3 is 2.69 bits per heavy atom. The van der Waals surface area contributed by atoms with Crippen molar-refractivity contribution in [3.05, 3.63) is 29.8 Å². The monoisotopic (exact) mass is 216 g/mol. The van der Waals surface area contributed by atoms with Gasteiger partial charge in [-0.05, 0) is 38.0 Å². The number of benzene rings is 1. The fraction of sp³-hybridized carbons (Fsp3) is 0.385. The van der Waals surface area contributed by atoms with E-state index in [-0.39, 0.29) is 11.8 Å². The van der Waals surface area contributed by atoms with E-state index >= 15 is 0 Å². The summed E-state index contributed by atoms with van der Waals surface area (Å²) in [6.07, 6.45) is 0.816. The minimum absolute atomic E-state index is 0.0412. The third kappa shape index (κ3) is 1.73. The highest BCUT2D eigenvalue weighted by Crippen LogP contribution is 2.25. The molecule has 1 heterocycles. The second-order valence-electron chi connectivity index (χ2n) is 4.19. The normalized spacial score (nSPS) is 20.2. The average Bonchev–Trinajstić information content (AvgIpc) is 2.54. The highest BCUT2D eigenvalue weighted by Gasteiger charge is 2.32. The van der Waals surface area contributed by atoms with Gasteiger partial charge < -0.3 is 0 Å². The smallest absolute Gasteiger partial charge is 0.256 e. The lowest BCUT2D eigenvalue weighted by molar-refractivity contribution is -0.119. The Labute approximate surface area is 95.8 Å². The van der Waals surface area contributed by atoms with Gasteiger partial charge in [-0.15, -0.1) is 0 Å². The van der Waals surface area contributed by atoms with Crippen molar-refractivity contribution >= 4 is 17.3 Å². The quantitative estimate of drug-likeness (QED) is 0.748. The molecule has 0 aliphatic carbocycles. The van der Waals surface area contributed by atoms with Crippen LogP contribution in [0.3, 0.4) is 0 Å². The second-order valence-corrected chi connectivity index (χ2v) is 4.19. The van der Waals surface area contributed by atoms with E-state index in [2.05, 4.69) is 5.10 Å². The Morgan fingerprint density at radius 2 is 2.12 bits per heavy atom. The summed E-state index contributed by atoms with van der Waals surface area (Å²) in [5, 5.41) is 5.86. The molecule has 0 radical (unpaired) electrons. The van der Waals surface area contributed by atoms with Gasteiger partial charge in [-0.1, -0.05) is 19.1 Å². The van der Waals surface area contributed by atoms with Gasteiger partial charge in [0.15, 0.2) is 0 Å². The summed E-state index contributed by atoms with van der Waals surface area (Å²) in [7, 11) is 0.